The molecule has 132 valence electrons. The highest BCUT2D eigenvalue weighted by Gasteiger charge is 2.43. The topological polar surface area (TPSA) is 69.7 Å². The van der Waals surface area contributed by atoms with Gasteiger partial charge in [-0.05, 0) is 44.4 Å². The van der Waals surface area contributed by atoms with Crippen molar-refractivity contribution in [2.24, 2.45) is 0 Å². The number of hydrogen-bond acceptors (Lipinski definition) is 4. The van der Waals surface area contributed by atoms with Crippen molar-refractivity contribution in [2.75, 3.05) is 18.4 Å². The van der Waals surface area contributed by atoms with Crippen molar-refractivity contribution >= 4 is 29.0 Å². The molecule has 1 fully saturated rings. The van der Waals surface area contributed by atoms with Crippen molar-refractivity contribution in [3.8, 4) is 0 Å². The minimum Gasteiger partial charge on any atom is -0.366 e. The Morgan fingerprint density at radius 2 is 1.64 bits per heavy atom. The summed E-state index contributed by atoms with van der Waals surface area (Å²) in [6.45, 7) is 6.74. The summed E-state index contributed by atoms with van der Waals surface area (Å²) in [5, 5.41) is 2.71. The van der Waals surface area contributed by atoms with E-state index in [4.69, 9.17) is 0 Å². The molecule has 1 aromatic carbocycles. The molecule has 6 heteroatoms. The molecule has 3 rings (SSSR count). The zero-order valence-corrected chi connectivity index (χ0v) is 14.8. The van der Waals surface area contributed by atoms with Crippen LogP contribution in [0.15, 0.2) is 30.0 Å². The average molecular weight is 341 g/mol. The number of amides is 3. The van der Waals surface area contributed by atoms with Gasteiger partial charge in [0.2, 0.25) is 5.91 Å². The zero-order valence-electron chi connectivity index (χ0n) is 14.8. The minimum atomic E-state index is -0.242. The van der Waals surface area contributed by atoms with Gasteiger partial charge in [-0.2, -0.15) is 0 Å². The zero-order chi connectivity index (χ0) is 18.1. The molecule has 0 aromatic heterocycles. The average Bonchev–Trinajstić information content (AvgIpc) is 3.13. The molecule has 3 amide bonds. The number of carbonyl (C=O) groups excluding carboxylic acids is 3. The second-order valence-electron chi connectivity index (χ2n) is 6.75. The van der Waals surface area contributed by atoms with Crippen LogP contribution in [0.5, 0.6) is 0 Å². The number of imide groups is 1. The van der Waals surface area contributed by atoms with Gasteiger partial charge in [-0.3, -0.25) is 19.3 Å². The maximum atomic E-state index is 12.9. The second-order valence-corrected chi connectivity index (χ2v) is 6.75. The van der Waals surface area contributed by atoms with Crippen LogP contribution in [0.3, 0.4) is 0 Å². The van der Waals surface area contributed by atoms with Crippen LogP contribution in [0.4, 0.5) is 5.69 Å². The lowest BCUT2D eigenvalue weighted by Crippen LogP contribution is -2.39. The molecule has 2 heterocycles. The quantitative estimate of drug-likeness (QED) is 0.853. The molecule has 0 atom stereocenters. The highest BCUT2D eigenvalue weighted by Crippen LogP contribution is 2.34. The Labute approximate surface area is 147 Å². The monoisotopic (exact) mass is 341 g/mol. The molecule has 0 unspecified atom stereocenters. The van der Waals surface area contributed by atoms with Crippen LogP contribution in [0.2, 0.25) is 0 Å². The van der Waals surface area contributed by atoms with Crippen molar-refractivity contribution in [1.82, 2.24) is 9.80 Å². The number of nitrogens with one attached hydrogen (secondary N) is 1. The Morgan fingerprint density at radius 1 is 1.04 bits per heavy atom. The number of nitrogens with zero attached hydrogens (tertiary/aromatic N) is 2. The number of likely N-dealkylation sites (tertiary alicyclic amines) is 1. The Bertz CT molecular complexity index is 744. The van der Waals surface area contributed by atoms with Crippen LogP contribution in [0.1, 0.15) is 39.2 Å². The third-order valence-electron chi connectivity index (χ3n) is 4.52. The standard InChI is InChI=1S/C19H23N3O3/c1-12(2)22-18(24)16(17(19(22)25)21-10-4-5-11-21)14-6-8-15(9-7-14)20-13(3)23/h6-9,12H,4-5,10-11H2,1-3H3,(H,20,23). The lowest BCUT2D eigenvalue weighted by Gasteiger charge is -2.22. The molecule has 1 aromatic rings. The van der Waals surface area contributed by atoms with E-state index in [1.165, 1.54) is 11.8 Å². The molecule has 2 aliphatic rings. The van der Waals surface area contributed by atoms with Crippen molar-refractivity contribution in [3.63, 3.8) is 0 Å². The highest BCUT2D eigenvalue weighted by molar-refractivity contribution is 6.35. The Morgan fingerprint density at radius 3 is 2.16 bits per heavy atom. The Kier molecular flexibility index (Phi) is 4.61. The summed E-state index contributed by atoms with van der Waals surface area (Å²) < 4.78 is 0. The van der Waals surface area contributed by atoms with Gasteiger partial charge in [-0.1, -0.05) is 12.1 Å². The molecule has 1 N–H and O–H groups in total. The molecular weight excluding hydrogens is 318 g/mol. The van der Waals surface area contributed by atoms with Gasteiger partial charge in [-0.15, -0.1) is 0 Å². The largest absolute Gasteiger partial charge is 0.366 e. The number of benzene rings is 1. The van der Waals surface area contributed by atoms with E-state index >= 15 is 0 Å². The van der Waals surface area contributed by atoms with Gasteiger partial charge in [0.1, 0.15) is 5.70 Å². The van der Waals surface area contributed by atoms with Crippen LogP contribution < -0.4 is 5.32 Å². The molecule has 0 spiro atoms. The Hall–Kier alpha value is -2.63. The predicted molar refractivity (Wildman–Crippen MR) is 95.5 cm³/mol. The molecule has 6 nitrogen and oxygen atoms in total. The first kappa shape index (κ1) is 17.2. The summed E-state index contributed by atoms with van der Waals surface area (Å²) in [5.41, 5.74) is 2.35. The lowest BCUT2D eigenvalue weighted by molar-refractivity contribution is -0.139. The maximum Gasteiger partial charge on any atom is 0.278 e. The number of hydrogen-bond donors (Lipinski definition) is 1. The first-order valence-corrected chi connectivity index (χ1v) is 8.65. The van der Waals surface area contributed by atoms with Crippen LogP contribution in [-0.2, 0) is 14.4 Å². The first-order chi connectivity index (χ1) is 11.9. The van der Waals surface area contributed by atoms with Gasteiger partial charge >= 0.3 is 0 Å². The lowest BCUT2D eigenvalue weighted by atomic mass is 10.0. The second kappa shape index (κ2) is 6.70. The first-order valence-electron chi connectivity index (χ1n) is 8.65. The third-order valence-corrected chi connectivity index (χ3v) is 4.52. The van der Waals surface area contributed by atoms with E-state index in [1.54, 1.807) is 24.3 Å². The summed E-state index contributed by atoms with van der Waals surface area (Å²) in [7, 11) is 0. The van der Waals surface area contributed by atoms with Crippen LogP contribution in [0, 0.1) is 0 Å². The van der Waals surface area contributed by atoms with Crippen molar-refractivity contribution in [1.29, 1.82) is 0 Å². The van der Waals surface area contributed by atoms with Gasteiger partial charge in [0.15, 0.2) is 0 Å². The van der Waals surface area contributed by atoms with E-state index in [2.05, 4.69) is 5.32 Å². The van der Waals surface area contributed by atoms with Crippen LogP contribution in [0.25, 0.3) is 5.57 Å². The SMILES string of the molecule is CC(=O)Nc1ccc(C2=C(N3CCCC3)C(=O)N(C(C)C)C2=O)cc1. The molecule has 0 aliphatic carbocycles. The molecule has 0 saturated carbocycles. The molecule has 1 saturated heterocycles. The fourth-order valence-corrected chi connectivity index (χ4v) is 3.42. The maximum absolute atomic E-state index is 12.9. The van der Waals surface area contributed by atoms with Gasteiger partial charge < -0.3 is 10.2 Å². The molecule has 2 aliphatic heterocycles. The normalized spacial score (nSPS) is 17.9. The van der Waals surface area contributed by atoms with E-state index in [1.807, 2.05) is 18.7 Å². The molecular formula is C19H23N3O3. The number of anilines is 1. The van der Waals surface area contributed by atoms with Crippen LogP contribution in [-0.4, -0.2) is 46.7 Å². The van der Waals surface area contributed by atoms with E-state index in [0.717, 1.165) is 25.9 Å². The van der Waals surface area contributed by atoms with Crippen molar-refractivity contribution < 1.29 is 14.4 Å². The van der Waals surface area contributed by atoms with Crippen molar-refractivity contribution in [3.05, 3.63) is 35.5 Å². The number of carbonyl (C=O) groups is 3. The summed E-state index contributed by atoms with van der Waals surface area (Å²) in [6, 6.07) is 6.88. The van der Waals surface area contributed by atoms with Gasteiger partial charge in [0.25, 0.3) is 11.8 Å². The van der Waals surface area contributed by atoms with Gasteiger partial charge in [0.05, 0.1) is 5.57 Å². The smallest absolute Gasteiger partial charge is 0.278 e. The highest BCUT2D eigenvalue weighted by atomic mass is 16.2. The van der Waals surface area contributed by atoms with E-state index < -0.39 is 0 Å². The van der Waals surface area contributed by atoms with Gasteiger partial charge in [-0.25, -0.2) is 0 Å². The minimum absolute atomic E-state index is 0.150. The van der Waals surface area contributed by atoms with E-state index in [-0.39, 0.29) is 23.8 Å². The Balaban J connectivity index is 2.03. The third kappa shape index (κ3) is 3.16. The fourth-order valence-electron chi connectivity index (χ4n) is 3.42. The summed E-state index contributed by atoms with van der Waals surface area (Å²) in [6.07, 6.45) is 2.06. The fraction of sp³-hybridized carbons (Fsp3) is 0.421. The summed E-state index contributed by atoms with van der Waals surface area (Å²) in [4.78, 5) is 40.4. The van der Waals surface area contributed by atoms with Gasteiger partial charge in [0, 0.05) is 31.7 Å². The summed E-state index contributed by atoms with van der Waals surface area (Å²) >= 11 is 0. The summed E-state index contributed by atoms with van der Waals surface area (Å²) in [5.74, 6) is -0.597. The molecule has 0 radical (unpaired) electrons. The van der Waals surface area contributed by atoms with Crippen LogP contribution >= 0.6 is 0 Å². The predicted octanol–water partition coefficient (Wildman–Crippen LogP) is 2.23. The molecule has 25 heavy (non-hydrogen) atoms. The van der Waals surface area contributed by atoms with E-state index in [0.29, 0.717) is 22.5 Å². The molecule has 0 bridgehead atoms. The van der Waals surface area contributed by atoms with Crippen molar-refractivity contribution in [2.45, 2.75) is 39.7 Å². The van der Waals surface area contributed by atoms with E-state index in [9.17, 15) is 14.4 Å². The number of rotatable bonds is 4.